The number of carbonyl (C=O) groups excluding carboxylic acids is 2. The summed E-state index contributed by atoms with van der Waals surface area (Å²) in [4.78, 5) is 25.9. The molecule has 0 N–H and O–H groups in total. The number of hydrogen-bond acceptors (Lipinski definition) is 2. The monoisotopic (exact) mass is 303 g/mol. The zero-order valence-corrected chi connectivity index (χ0v) is 12.8. The number of hydrogen-bond donors (Lipinski definition) is 0. The summed E-state index contributed by atoms with van der Waals surface area (Å²) in [6.07, 6.45) is 3.00. The molecule has 1 heterocycles. The molecule has 3 nitrogen and oxygen atoms in total. The minimum absolute atomic E-state index is 0.0291. The predicted molar refractivity (Wildman–Crippen MR) is 82.9 cm³/mol. The Balaban J connectivity index is 1.80. The van der Waals surface area contributed by atoms with Gasteiger partial charge in [0.25, 0.3) is 5.91 Å². The molecule has 0 bridgehead atoms. The first-order chi connectivity index (χ1) is 9.94. The van der Waals surface area contributed by atoms with E-state index in [2.05, 4.69) is 6.58 Å². The number of fused-ring (bicyclic) bond motifs is 1. The lowest BCUT2D eigenvalue weighted by Crippen LogP contribution is -2.41. The van der Waals surface area contributed by atoms with Crippen molar-refractivity contribution < 1.29 is 9.59 Å². The maximum absolute atomic E-state index is 12.6. The predicted octanol–water partition coefficient (Wildman–Crippen LogP) is 3.83. The van der Waals surface area contributed by atoms with Gasteiger partial charge in [0, 0.05) is 28.3 Å². The van der Waals surface area contributed by atoms with E-state index in [9.17, 15) is 9.59 Å². The van der Waals surface area contributed by atoms with Crippen molar-refractivity contribution in [1.29, 1.82) is 0 Å². The molecule has 4 heteroatoms. The van der Waals surface area contributed by atoms with Crippen LogP contribution in [0.3, 0.4) is 0 Å². The fourth-order valence-corrected chi connectivity index (χ4v) is 3.57. The van der Waals surface area contributed by atoms with Gasteiger partial charge in [-0.15, -0.1) is 0 Å². The molecule has 1 aliphatic carbocycles. The Hall–Kier alpha value is -1.61. The number of halogens is 1. The van der Waals surface area contributed by atoms with Gasteiger partial charge in [0.15, 0.2) is 0 Å². The molecule has 0 atom stereocenters. The Morgan fingerprint density at radius 3 is 2.38 bits per heavy atom. The van der Waals surface area contributed by atoms with Crippen molar-refractivity contribution in [3.63, 3.8) is 0 Å². The molecule has 1 fully saturated rings. The Bertz CT molecular complexity index is 594. The molecule has 1 aliphatic heterocycles. The van der Waals surface area contributed by atoms with Crippen LogP contribution in [0, 0.1) is 5.41 Å². The van der Waals surface area contributed by atoms with Gasteiger partial charge in [0.2, 0.25) is 5.24 Å². The summed E-state index contributed by atoms with van der Waals surface area (Å²) in [5, 5.41) is -0.268. The average Bonchev–Trinajstić information content (AvgIpc) is 2.73. The van der Waals surface area contributed by atoms with E-state index in [1.54, 1.807) is 0 Å². The minimum atomic E-state index is -0.449. The third-order valence-electron chi connectivity index (χ3n) is 4.88. The van der Waals surface area contributed by atoms with Crippen LogP contribution in [0.15, 0.2) is 30.8 Å². The van der Waals surface area contributed by atoms with Gasteiger partial charge in [-0.05, 0) is 43.4 Å². The van der Waals surface area contributed by atoms with E-state index in [4.69, 9.17) is 11.6 Å². The van der Waals surface area contributed by atoms with E-state index < -0.39 is 5.41 Å². The lowest BCUT2D eigenvalue weighted by molar-refractivity contribution is -0.121. The quantitative estimate of drug-likeness (QED) is 0.779. The zero-order chi connectivity index (χ0) is 15.2. The zero-order valence-electron chi connectivity index (χ0n) is 12.1. The Morgan fingerprint density at radius 2 is 1.86 bits per heavy atom. The van der Waals surface area contributed by atoms with Gasteiger partial charge in [-0.25, -0.2) is 0 Å². The van der Waals surface area contributed by atoms with Gasteiger partial charge in [-0.3, -0.25) is 9.59 Å². The van der Waals surface area contributed by atoms with Crippen LogP contribution in [-0.2, 0) is 4.79 Å². The maximum Gasteiger partial charge on any atom is 0.259 e. The van der Waals surface area contributed by atoms with Crippen molar-refractivity contribution in [2.24, 2.45) is 5.41 Å². The first-order valence-corrected chi connectivity index (χ1v) is 7.64. The molecule has 0 spiro atoms. The third kappa shape index (κ3) is 2.20. The average molecular weight is 304 g/mol. The van der Waals surface area contributed by atoms with E-state index in [0.717, 1.165) is 29.7 Å². The maximum atomic E-state index is 12.6. The highest BCUT2D eigenvalue weighted by Gasteiger charge is 2.42. The summed E-state index contributed by atoms with van der Waals surface area (Å²) in [6.45, 7) is 6.00. The number of carbonyl (C=O) groups is 2. The molecular formula is C17H18ClNO2. The number of amides is 1. The molecule has 1 aromatic carbocycles. The van der Waals surface area contributed by atoms with Crippen LogP contribution in [0.2, 0.25) is 0 Å². The van der Waals surface area contributed by atoms with Crippen molar-refractivity contribution in [2.45, 2.75) is 38.6 Å². The number of nitrogens with zero attached hydrogens (tertiary/aromatic N) is 1. The second-order valence-electron chi connectivity index (χ2n) is 6.23. The lowest BCUT2D eigenvalue weighted by Gasteiger charge is -2.38. The van der Waals surface area contributed by atoms with Gasteiger partial charge >= 0.3 is 0 Å². The third-order valence-corrected chi connectivity index (χ3v) is 5.33. The van der Waals surface area contributed by atoms with Crippen LogP contribution in [0.25, 0.3) is 5.70 Å². The normalized spacial score (nSPS) is 28.7. The summed E-state index contributed by atoms with van der Waals surface area (Å²) >= 11 is 5.70. The largest absolute Gasteiger partial charge is 0.305 e. The second kappa shape index (κ2) is 4.99. The van der Waals surface area contributed by atoms with Crippen LogP contribution >= 0.6 is 11.6 Å². The van der Waals surface area contributed by atoms with Gasteiger partial charge in [0.1, 0.15) is 0 Å². The van der Waals surface area contributed by atoms with E-state index in [0.29, 0.717) is 12.8 Å². The Labute approximate surface area is 129 Å². The van der Waals surface area contributed by atoms with Crippen molar-refractivity contribution in [1.82, 2.24) is 4.90 Å². The molecule has 1 saturated carbocycles. The summed E-state index contributed by atoms with van der Waals surface area (Å²) in [6, 6.07) is 7.69. The fourth-order valence-electron chi connectivity index (χ4n) is 3.38. The summed E-state index contributed by atoms with van der Waals surface area (Å²) < 4.78 is 0. The standard InChI is InChI=1S/C17H18ClNO2/c1-11-13-5-3-4-6-14(13)15(20)19(11)12-7-9-17(2,10-8-12)16(18)21/h3-6,12H,1,7-10H2,2H3. The summed E-state index contributed by atoms with van der Waals surface area (Å²) in [7, 11) is 0. The highest BCUT2D eigenvalue weighted by atomic mass is 35.5. The van der Waals surface area contributed by atoms with Crippen molar-refractivity contribution in [3.8, 4) is 0 Å². The highest BCUT2D eigenvalue weighted by Crippen LogP contribution is 2.43. The SMILES string of the molecule is C=C1c2ccccc2C(=O)N1C1CCC(C)(C(=O)Cl)CC1. The van der Waals surface area contributed by atoms with Gasteiger partial charge in [0.05, 0.1) is 0 Å². The molecule has 1 amide bonds. The first kappa shape index (κ1) is 14.3. The molecular weight excluding hydrogens is 286 g/mol. The highest BCUT2D eigenvalue weighted by molar-refractivity contribution is 6.64. The van der Waals surface area contributed by atoms with Crippen molar-refractivity contribution in [2.75, 3.05) is 0 Å². The van der Waals surface area contributed by atoms with E-state index in [1.165, 1.54) is 0 Å². The van der Waals surface area contributed by atoms with E-state index in [1.807, 2.05) is 36.1 Å². The molecule has 0 radical (unpaired) electrons. The van der Waals surface area contributed by atoms with Crippen molar-refractivity contribution in [3.05, 3.63) is 42.0 Å². The van der Waals surface area contributed by atoms with Crippen LogP contribution in [0.5, 0.6) is 0 Å². The fraction of sp³-hybridized carbons (Fsp3) is 0.412. The molecule has 110 valence electrons. The van der Waals surface area contributed by atoms with Gasteiger partial charge in [-0.2, -0.15) is 0 Å². The summed E-state index contributed by atoms with van der Waals surface area (Å²) in [5.41, 5.74) is 1.98. The second-order valence-corrected chi connectivity index (χ2v) is 6.58. The molecule has 0 saturated heterocycles. The van der Waals surface area contributed by atoms with Crippen LogP contribution in [0.4, 0.5) is 0 Å². The van der Waals surface area contributed by atoms with Crippen molar-refractivity contribution >= 4 is 28.4 Å². The molecule has 2 aliphatic rings. The Kier molecular flexibility index (Phi) is 3.40. The lowest BCUT2D eigenvalue weighted by atomic mass is 9.74. The van der Waals surface area contributed by atoms with Gasteiger partial charge in [-0.1, -0.05) is 31.7 Å². The Morgan fingerprint density at radius 1 is 1.29 bits per heavy atom. The molecule has 1 aromatic rings. The molecule has 21 heavy (non-hydrogen) atoms. The van der Waals surface area contributed by atoms with E-state index in [-0.39, 0.29) is 17.2 Å². The van der Waals surface area contributed by atoms with Crippen LogP contribution < -0.4 is 0 Å². The summed E-state index contributed by atoms with van der Waals surface area (Å²) in [5.74, 6) is 0.0291. The molecule has 0 aromatic heterocycles. The minimum Gasteiger partial charge on any atom is -0.305 e. The number of benzene rings is 1. The number of rotatable bonds is 2. The van der Waals surface area contributed by atoms with E-state index >= 15 is 0 Å². The smallest absolute Gasteiger partial charge is 0.259 e. The first-order valence-electron chi connectivity index (χ1n) is 7.26. The van der Waals surface area contributed by atoms with Gasteiger partial charge < -0.3 is 4.90 Å². The topological polar surface area (TPSA) is 37.4 Å². The molecule has 0 unspecified atom stereocenters. The van der Waals surface area contributed by atoms with Crippen LogP contribution in [0.1, 0.15) is 48.5 Å². The van der Waals surface area contributed by atoms with Crippen LogP contribution in [-0.4, -0.2) is 22.1 Å². The molecule has 3 rings (SSSR count).